The first kappa shape index (κ1) is 13.0. The summed E-state index contributed by atoms with van der Waals surface area (Å²) in [6.45, 7) is 1.53. The molecule has 2 aliphatic rings. The van der Waals surface area contributed by atoms with Gasteiger partial charge in [0.2, 0.25) is 0 Å². The molecule has 4 heteroatoms. The Labute approximate surface area is 129 Å². The number of hydrogen-bond donors (Lipinski definition) is 1. The van der Waals surface area contributed by atoms with Gasteiger partial charge < -0.3 is 14.6 Å². The highest BCUT2D eigenvalue weighted by atomic mass is 16.3. The van der Waals surface area contributed by atoms with Crippen LogP contribution in [0.1, 0.15) is 17.4 Å². The minimum absolute atomic E-state index is 0.210. The molecule has 4 rings (SSSR count). The normalized spacial score (nSPS) is 19.6. The van der Waals surface area contributed by atoms with Crippen LogP contribution in [0.2, 0.25) is 0 Å². The molecule has 110 valence electrons. The first-order valence-corrected chi connectivity index (χ1v) is 7.43. The number of aliphatic imine (C=N–C) groups is 1. The summed E-state index contributed by atoms with van der Waals surface area (Å²) < 4.78 is 5.36. The highest BCUT2D eigenvalue weighted by Crippen LogP contribution is 2.31. The molecule has 0 spiro atoms. The van der Waals surface area contributed by atoms with Crippen molar-refractivity contribution in [1.29, 1.82) is 0 Å². The van der Waals surface area contributed by atoms with Gasteiger partial charge in [0.05, 0.1) is 25.4 Å². The van der Waals surface area contributed by atoms with Gasteiger partial charge >= 0.3 is 0 Å². The maximum atomic E-state index is 5.36. The first-order chi connectivity index (χ1) is 10.9. The van der Waals surface area contributed by atoms with E-state index in [4.69, 9.17) is 4.42 Å². The number of allylic oxidation sites excluding steroid dienone is 2. The van der Waals surface area contributed by atoms with Crippen molar-refractivity contribution in [3.05, 3.63) is 83.7 Å². The lowest BCUT2D eigenvalue weighted by Crippen LogP contribution is -2.32. The molecule has 0 bridgehead atoms. The number of hydrogen-bond acceptors (Lipinski definition) is 4. The number of benzene rings is 1. The molecular formula is C18H17N3O. The lowest BCUT2D eigenvalue weighted by Gasteiger charge is -2.30. The highest BCUT2D eigenvalue weighted by Gasteiger charge is 2.28. The molecule has 2 aromatic rings. The summed E-state index contributed by atoms with van der Waals surface area (Å²) in [6, 6.07) is 14.6. The third-order valence-corrected chi connectivity index (χ3v) is 3.96. The Morgan fingerprint density at radius 2 is 2.05 bits per heavy atom. The predicted octanol–water partition coefficient (Wildman–Crippen LogP) is 3.24. The van der Waals surface area contributed by atoms with E-state index in [1.165, 1.54) is 11.3 Å². The van der Waals surface area contributed by atoms with Crippen LogP contribution in [0.25, 0.3) is 0 Å². The van der Waals surface area contributed by atoms with E-state index in [-0.39, 0.29) is 6.04 Å². The van der Waals surface area contributed by atoms with E-state index in [1.54, 1.807) is 6.26 Å². The third-order valence-electron chi connectivity index (χ3n) is 3.96. The minimum atomic E-state index is 0.210. The molecule has 1 atom stereocenters. The summed E-state index contributed by atoms with van der Waals surface area (Å²) in [5.74, 6) is 1.96. The van der Waals surface area contributed by atoms with Gasteiger partial charge in [0.25, 0.3) is 0 Å². The van der Waals surface area contributed by atoms with Crippen LogP contribution in [0.3, 0.4) is 0 Å². The Morgan fingerprint density at radius 3 is 2.86 bits per heavy atom. The van der Waals surface area contributed by atoms with Gasteiger partial charge in [0.1, 0.15) is 11.6 Å². The zero-order valence-electron chi connectivity index (χ0n) is 12.1. The Kier molecular flexibility index (Phi) is 3.27. The summed E-state index contributed by atoms with van der Waals surface area (Å²) in [7, 11) is 0. The maximum absolute atomic E-state index is 5.36. The molecule has 22 heavy (non-hydrogen) atoms. The number of rotatable bonds is 4. The van der Waals surface area contributed by atoms with Crippen molar-refractivity contribution >= 4 is 6.21 Å². The molecule has 1 unspecified atom stereocenters. The number of nitrogens with zero attached hydrogens (tertiary/aromatic N) is 2. The van der Waals surface area contributed by atoms with Crippen molar-refractivity contribution in [3.63, 3.8) is 0 Å². The average Bonchev–Trinajstić information content (AvgIpc) is 3.23. The van der Waals surface area contributed by atoms with Gasteiger partial charge in [-0.1, -0.05) is 30.3 Å². The summed E-state index contributed by atoms with van der Waals surface area (Å²) in [4.78, 5) is 6.84. The van der Waals surface area contributed by atoms with Crippen molar-refractivity contribution in [3.8, 4) is 0 Å². The van der Waals surface area contributed by atoms with Crippen LogP contribution in [-0.2, 0) is 6.54 Å². The molecular weight excluding hydrogens is 274 g/mol. The Balaban J connectivity index is 1.48. The fourth-order valence-corrected chi connectivity index (χ4v) is 2.82. The Morgan fingerprint density at radius 1 is 1.14 bits per heavy atom. The van der Waals surface area contributed by atoms with E-state index in [9.17, 15) is 0 Å². The molecule has 0 radical (unpaired) electrons. The van der Waals surface area contributed by atoms with Gasteiger partial charge in [-0.25, -0.2) is 4.99 Å². The summed E-state index contributed by atoms with van der Waals surface area (Å²) in [6.07, 6.45) is 7.88. The largest absolute Gasteiger partial charge is 0.467 e. The van der Waals surface area contributed by atoms with Crippen LogP contribution in [-0.4, -0.2) is 17.7 Å². The Hall–Kier alpha value is -2.75. The van der Waals surface area contributed by atoms with Gasteiger partial charge in [-0.3, -0.25) is 0 Å². The fraction of sp³-hybridized carbons (Fsp3) is 0.167. The number of fused-ring (bicyclic) bond motifs is 1. The molecule has 2 aliphatic heterocycles. The van der Waals surface area contributed by atoms with Gasteiger partial charge in [-0.15, -0.1) is 0 Å². The topological polar surface area (TPSA) is 40.8 Å². The molecule has 4 nitrogen and oxygen atoms in total. The first-order valence-electron chi connectivity index (χ1n) is 7.43. The third kappa shape index (κ3) is 2.44. The van der Waals surface area contributed by atoms with E-state index in [1.807, 2.05) is 24.4 Å². The number of nitrogens with one attached hydrogen (secondary N) is 1. The van der Waals surface area contributed by atoms with E-state index in [0.29, 0.717) is 6.54 Å². The molecule has 3 heterocycles. The van der Waals surface area contributed by atoms with Gasteiger partial charge in [0, 0.05) is 11.9 Å². The lowest BCUT2D eigenvalue weighted by molar-refractivity contribution is 0.342. The van der Waals surface area contributed by atoms with Crippen molar-refractivity contribution < 1.29 is 4.42 Å². The van der Waals surface area contributed by atoms with Crippen molar-refractivity contribution in [2.45, 2.75) is 12.6 Å². The molecule has 0 fully saturated rings. The molecule has 1 aromatic carbocycles. The van der Waals surface area contributed by atoms with E-state index in [0.717, 1.165) is 18.1 Å². The quantitative estimate of drug-likeness (QED) is 0.940. The summed E-state index contributed by atoms with van der Waals surface area (Å²) in [5, 5.41) is 3.43. The molecule has 0 saturated heterocycles. The summed E-state index contributed by atoms with van der Waals surface area (Å²) >= 11 is 0. The molecule has 0 amide bonds. The molecule has 1 aromatic heterocycles. The van der Waals surface area contributed by atoms with E-state index < -0.39 is 0 Å². The van der Waals surface area contributed by atoms with Crippen LogP contribution in [0.15, 0.2) is 81.8 Å². The van der Waals surface area contributed by atoms with Crippen LogP contribution < -0.4 is 5.32 Å². The van der Waals surface area contributed by atoms with Crippen LogP contribution in [0.4, 0.5) is 0 Å². The monoisotopic (exact) mass is 291 g/mol. The minimum Gasteiger partial charge on any atom is -0.467 e. The summed E-state index contributed by atoms with van der Waals surface area (Å²) in [5.41, 5.74) is 2.44. The molecule has 0 saturated carbocycles. The highest BCUT2D eigenvalue weighted by molar-refractivity contribution is 5.72. The molecule has 1 N–H and O–H groups in total. The smallest absolute Gasteiger partial charge is 0.129 e. The average molecular weight is 291 g/mol. The van der Waals surface area contributed by atoms with Crippen LogP contribution in [0.5, 0.6) is 0 Å². The van der Waals surface area contributed by atoms with Gasteiger partial charge in [-0.05, 0) is 29.8 Å². The second kappa shape index (κ2) is 5.56. The van der Waals surface area contributed by atoms with Gasteiger partial charge in [0.15, 0.2) is 0 Å². The fourth-order valence-electron chi connectivity index (χ4n) is 2.82. The second-order valence-corrected chi connectivity index (χ2v) is 5.41. The zero-order valence-corrected chi connectivity index (χ0v) is 12.1. The molecule has 0 aliphatic carbocycles. The van der Waals surface area contributed by atoms with Crippen molar-refractivity contribution in [2.24, 2.45) is 4.99 Å². The second-order valence-electron chi connectivity index (χ2n) is 5.41. The van der Waals surface area contributed by atoms with Crippen LogP contribution in [0, 0.1) is 0 Å². The van der Waals surface area contributed by atoms with Crippen molar-refractivity contribution in [1.82, 2.24) is 10.2 Å². The van der Waals surface area contributed by atoms with E-state index >= 15 is 0 Å². The van der Waals surface area contributed by atoms with Gasteiger partial charge in [-0.2, -0.15) is 0 Å². The Bertz CT molecular complexity index is 729. The van der Waals surface area contributed by atoms with E-state index in [2.05, 4.69) is 51.6 Å². The van der Waals surface area contributed by atoms with Crippen molar-refractivity contribution in [2.75, 3.05) is 6.54 Å². The SMILES string of the molecule is C1=NC2=CC=C(NCc3ccco3)CN2C1c1ccccc1. The zero-order chi connectivity index (χ0) is 14.8. The lowest BCUT2D eigenvalue weighted by atomic mass is 10.1. The number of furan rings is 1. The predicted molar refractivity (Wildman–Crippen MR) is 86.1 cm³/mol. The maximum Gasteiger partial charge on any atom is 0.129 e. The standard InChI is InChI=1S/C18H17N3O/c1-2-5-14(6-3-1)17-12-20-18-9-8-15(13-21(17)18)19-11-16-7-4-10-22-16/h1-10,12,17,19H,11,13H2. The van der Waals surface area contributed by atoms with Crippen LogP contribution >= 0.6 is 0 Å².